The molecule has 0 bridgehead atoms. The Hall–Kier alpha value is -1.84. The number of benzene rings is 1. The summed E-state index contributed by atoms with van der Waals surface area (Å²) in [5.74, 6) is 0.0667. The van der Waals surface area contributed by atoms with E-state index in [-0.39, 0.29) is 17.7 Å². The highest BCUT2D eigenvalue weighted by Gasteiger charge is 2.36. The third-order valence-electron chi connectivity index (χ3n) is 4.08. The van der Waals surface area contributed by atoms with Crippen LogP contribution in [-0.2, 0) is 16.1 Å². The SMILES string of the molecule is CCCN(CCC)C(=O)C1CC(=O)N(Cc2ccccc2)C1. The third-order valence-corrected chi connectivity index (χ3v) is 4.08. The molecule has 0 spiro atoms. The van der Waals surface area contributed by atoms with Crippen LogP contribution in [0, 0.1) is 5.92 Å². The zero-order valence-corrected chi connectivity index (χ0v) is 13.6. The van der Waals surface area contributed by atoms with Crippen molar-refractivity contribution in [1.29, 1.82) is 0 Å². The summed E-state index contributed by atoms with van der Waals surface area (Å²) in [6.45, 7) is 6.89. The summed E-state index contributed by atoms with van der Waals surface area (Å²) in [5, 5.41) is 0. The van der Waals surface area contributed by atoms with Crippen molar-refractivity contribution in [3.05, 3.63) is 35.9 Å². The molecule has 0 aliphatic carbocycles. The monoisotopic (exact) mass is 302 g/mol. The van der Waals surface area contributed by atoms with E-state index in [0.717, 1.165) is 31.5 Å². The number of carbonyl (C=O) groups excluding carboxylic acids is 2. The highest BCUT2D eigenvalue weighted by atomic mass is 16.2. The molecule has 0 radical (unpaired) electrons. The molecule has 0 saturated carbocycles. The molecule has 1 saturated heterocycles. The van der Waals surface area contributed by atoms with Gasteiger partial charge in [-0.2, -0.15) is 0 Å². The van der Waals surface area contributed by atoms with Gasteiger partial charge in [-0.05, 0) is 18.4 Å². The van der Waals surface area contributed by atoms with E-state index in [1.54, 1.807) is 0 Å². The van der Waals surface area contributed by atoms with E-state index in [1.807, 2.05) is 40.1 Å². The van der Waals surface area contributed by atoms with E-state index in [9.17, 15) is 9.59 Å². The van der Waals surface area contributed by atoms with E-state index in [0.29, 0.717) is 19.5 Å². The Morgan fingerprint density at radius 3 is 2.41 bits per heavy atom. The van der Waals surface area contributed by atoms with E-state index >= 15 is 0 Å². The first-order valence-electron chi connectivity index (χ1n) is 8.26. The van der Waals surface area contributed by atoms with E-state index in [1.165, 1.54) is 0 Å². The maximum Gasteiger partial charge on any atom is 0.227 e. The van der Waals surface area contributed by atoms with E-state index in [4.69, 9.17) is 0 Å². The van der Waals surface area contributed by atoms with Crippen LogP contribution in [0.15, 0.2) is 30.3 Å². The summed E-state index contributed by atoms with van der Waals surface area (Å²) in [6, 6.07) is 9.95. The predicted octanol–water partition coefficient (Wildman–Crippen LogP) is 2.68. The fraction of sp³-hybridized carbons (Fsp3) is 0.556. The van der Waals surface area contributed by atoms with Gasteiger partial charge in [-0.15, -0.1) is 0 Å². The molecule has 1 aliphatic rings. The molecule has 1 aromatic carbocycles. The predicted molar refractivity (Wildman–Crippen MR) is 87.1 cm³/mol. The first-order chi connectivity index (χ1) is 10.7. The lowest BCUT2D eigenvalue weighted by Crippen LogP contribution is -2.38. The van der Waals surface area contributed by atoms with Gasteiger partial charge in [0.1, 0.15) is 0 Å². The molecule has 1 fully saturated rings. The molecule has 1 unspecified atom stereocenters. The van der Waals surface area contributed by atoms with Crippen molar-refractivity contribution in [1.82, 2.24) is 9.80 Å². The zero-order chi connectivity index (χ0) is 15.9. The third kappa shape index (κ3) is 4.09. The number of likely N-dealkylation sites (tertiary alicyclic amines) is 1. The van der Waals surface area contributed by atoms with Crippen molar-refractivity contribution in [3.63, 3.8) is 0 Å². The second-order valence-corrected chi connectivity index (χ2v) is 5.99. The van der Waals surface area contributed by atoms with Gasteiger partial charge in [-0.3, -0.25) is 9.59 Å². The molecule has 0 N–H and O–H groups in total. The Balaban J connectivity index is 1.97. The number of nitrogens with zero attached hydrogens (tertiary/aromatic N) is 2. The highest BCUT2D eigenvalue weighted by molar-refractivity contribution is 5.89. The number of amides is 2. The molecule has 4 heteroatoms. The smallest absolute Gasteiger partial charge is 0.227 e. The molecule has 0 aromatic heterocycles. The van der Waals surface area contributed by atoms with Gasteiger partial charge in [0.05, 0.1) is 5.92 Å². The Bertz CT molecular complexity index is 495. The second-order valence-electron chi connectivity index (χ2n) is 5.99. The summed E-state index contributed by atoms with van der Waals surface area (Å²) in [7, 11) is 0. The number of carbonyl (C=O) groups is 2. The minimum Gasteiger partial charge on any atom is -0.342 e. The summed E-state index contributed by atoms with van der Waals surface area (Å²) < 4.78 is 0. The highest BCUT2D eigenvalue weighted by Crippen LogP contribution is 2.22. The molecule has 22 heavy (non-hydrogen) atoms. The normalized spacial score (nSPS) is 17.8. The first-order valence-corrected chi connectivity index (χ1v) is 8.26. The van der Waals surface area contributed by atoms with Gasteiger partial charge in [-0.25, -0.2) is 0 Å². The molecule has 1 atom stereocenters. The van der Waals surface area contributed by atoms with Gasteiger partial charge in [0.15, 0.2) is 0 Å². The van der Waals surface area contributed by atoms with Crippen LogP contribution in [0.4, 0.5) is 0 Å². The number of rotatable bonds is 7. The Morgan fingerprint density at radius 2 is 1.82 bits per heavy atom. The molecular weight excluding hydrogens is 276 g/mol. The Morgan fingerprint density at radius 1 is 1.18 bits per heavy atom. The second kappa shape index (κ2) is 7.97. The Kier molecular flexibility index (Phi) is 5.99. The van der Waals surface area contributed by atoms with Crippen LogP contribution in [0.1, 0.15) is 38.7 Å². The molecule has 2 rings (SSSR count). The van der Waals surface area contributed by atoms with Gasteiger partial charge in [0.25, 0.3) is 0 Å². The van der Waals surface area contributed by atoms with Gasteiger partial charge in [0, 0.05) is 32.6 Å². The minimum atomic E-state index is -0.172. The van der Waals surface area contributed by atoms with Crippen LogP contribution in [-0.4, -0.2) is 41.2 Å². The topological polar surface area (TPSA) is 40.6 Å². The van der Waals surface area contributed by atoms with Gasteiger partial charge in [0.2, 0.25) is 11.8 Å². The average Bonchev–Trinajstić information content (AvgIpc) is 2.88. The van der Waals surface area contributed by atoms with Gasteiger partial charge < -0.3 is 9.80 Å². The maximum absolute atomic E-state index is 12.6. The lowest BCUT2D eigenvalue weighted by molar-refractivity contribution is -0.136. The summed E-state index contributed by atoms with van der Waals surface area (Å²) >= 11 is 0. The van der Waals surface area contributed by atoms with Crippen LogP contribution < -0.4 is 0 Å². The summed E-state index contributed by atoms with van der Waals surface area (Å²) in [4.78, 5) is 28.5. The van der Waals surface area contributed by atoms with Crippen molar-refractivity contribution in [2.45, 2.75) is 39.7 Å². The molecule has 1 aromatic rings. The lowest BCUT2D eigenvalue weighted by Gasteiger charge is -2.24. The van der Waals surface area contributed by atoms with Gasteiger partial charge in [-0.1, -0.05) is 44.2 Å². The standard InChI is InChI=1S/C18H26N2O2/c1-3-10-19(11-4-2)18(22)16-12-17(21)20(14-16)13-15-8-6-5-7-9-15/h5-9,16H,3-4,10-14H2,1-2H3. The molecule has 1 aliphatic heterocycles. The summed E-state index contributed by atoms with van der Waals surface area (Å²) in [6.07, 6.45) is 2.27. The Labute approximate surface area is 133 Å². The molecule has 4 nitrogen and oxygen atoms in total. The van der Waals surface area contributed by atoms with Crippen LogP contribution in [0.5, 0.6) is 0 Å². The fourth-order valence-electron chi connectivity index (χ4n) is 3.02. The molecule has 2 amide bonds. The fourth-order valence-corrected chi connectivity index (χ4v) is 3.02. The van der Waals surface area contributed by atoms with Crippen LogP contribution in [0.2, 0.25) is 0 Å². The van der Waals surface area contributed by atoms with Crippen LogP contribution in [0.3, 0.4) is 0 Å². The van der Waals surface area contributed by atoms with Crippen molar-refractivity contribution in [3.8, 4) is 0 Å². The van der Waals surface area contributed by atoms with E-state index in [2.05, 4.69) is 13.8 Å². The van der Waals surface area contributed by atoms with E-state index < -0.39 is 0 Å². The quantitative estimate of drug-likeness (QED) is 0.777. The molecular formula is C18H26N2O2. The number of hydrogen-bond donors (Lipinski definition) is 0. The zero-order valence-electron chi connectivity index (χ0n) is 13.6. The van der Waals surface area contributed by atoms with Crippen LogP contribution >= 0.6 is 0 Å². The van der Waals surface area contributed by atoms with Crippen molar-refractivity contribution in [2.24, 2.45) is 5.92 Å². The van der Waals surface area contributed by atoms with Crippen molar-refractivity contribution >= 4 is 11.8 Å². The number of hydrogen-bond acceptors (Lipinski definition) is 2. The molecule has 120 valence electrons. The van der Waals surface area contributed by atoms with Crippen molar-refractivity contribution < 1.29 is 9.59 Å². The first kappa shape index (κ1) is 16.5. The maximum atomic E-state index is 12.6. The van der Waals surface area contributed by atoms with Crippen LogP contribution in [0.25, 0.3) is 0 Å². The lowest BCUT2D eigenvalue weighted by atomic mass is 10.1. The van der Waals surface area contributed by atoms with Gasteiger partial charge >= 0.3 is 0 Å². The summed E-state index contributed by atoms with van der Waals surface area (Å²) in [5.41, 5.74) is 1.11. The van der Waals surface area contributed by atoms with Crippen molar-refractivity contribution in [2.75, 3.05) is 19.6 Å². The average molecular weight is 302 g/mol. The minimum absolute atomic E-state index is 0.0927. The molecule has 1 heterocycles. The largest absolute Gasteiger partial charge is 0.342 e.